The van der Waals surface area contributed by atoms with E-state index in [0.717, 1.165) is 17.5 Å². The van der Waals surface area contributed by atoms with Crippen LogP contribution in [0.2, 0.25) is 0 Å². The molecular formula is C14H16N2S. The van der Waals surface area contributed by atoms with Crippen LogP contribution in [0.3, 0.4) is 0 Å². The summed E-state index contributed by atoms with van der Waals surface area (Å²) < 4.78 is 2.24. The van der Waals surface area contributed by atoms with Crippen molar-refractivity contribution in [1.29, 1.82) is 5.26 Å². The van der Waals surface area contributed by atoms with Crippen LogP contribution in [0.15, 0.2) is 30.5 Å². The molecule has 0 radical (unpaired) electrons. The zero-order chi connectivity index (χ0) is 12.1. The van der Waals surface area contributed by atoms with E-state index in [1.807, 2.05) is 30.0 Å². The number of fused-ring (bicyclic) bond motifs is 1. The summed E-state index contributed by atoms with van der Waals surface area (Å²) >= 11 is 1.98. The van der Waals surface area contributed by atoms with E-state index in [2.05, 4.69) is 29.8 Å². The van der Waals surface area contributed by atoms with Gasteiger partial charge in [-0.25, -0.2) is 0 Å². The fourth-order valence-electron chi connectivity index (χ4n) is 2.00. The highest BCUT2D eigenvalue weighted by Crippen LogP contribution is 2.20. The van der Waals surface area contributed by atoms with Crippen molar-refractivity contribution in [3.05, 3.63) is 36.0 Å². The summed E-state index contributed by atoms with van der Waals surface area (Å²) in [6.07, 6.45) is 3.27. The number of hydrogen-bond acceptors (Lipinski definition) is 2. The van der Waals surface area contributed by atoms with Crippen molar-refractivity contribution in [2.75, 3.05) is 11.5 Å². The quantitative estimate of drug-likeness (QED) is 0.751. The van der Waals surface area contributed by atoms with Gasteiger partial charge in [-0.3, -0.25) is 0 Å². The molecule has 2 aromatic rings. The molecule has 0 unspecified atom stereocenters. The van der Waals surface area contributed by atoms with Gasteiger partial charge in [0.25, 0.3) is 0 Å². The first-order valence-corrected chi connectivity index (χ1v) is 7.08. The smallest absolute Gasteiger partial charge is 0.0998 e. The molecule has 0 saturated carbocycles. The summed E-state index contributed by atoms with van der Waals surface area (Å²) in [5.74, 6) is 2.39. The number of hydrogen-bond donors (Lipinski definition) is 0. The van der Waals surface area contributed by atoms with Gasteiger partial charge < -0.3 is 4.57 Å². The predicted molar refractivity (Wildman–Crippen MR) is 74.3 cm³/mol. The Labute approximate surface area is 106 Å². The Hall–Kier alpha value is -1.40. The summed E-state index contributed by atoms with van der Waals surface area (Å²) in [6.45, 7) is 3.22. The molecule has 0 aliphatic rings. The van der Waals surface area contributed by atoms with Gasteiger partial charge in [0.15, 0.2) is 0 Å². The normalized spacial score (nSPS) is 10.6. The van der Waals surface area contributed by atoms with E-state index < -0.39 is 0 Å². The van der Waals surface area contributed by atoms with Crippen molar-refractivity contribution in [3.63, 3.8) is 0 Å². The maximum Gasteiger partial charge on any atom is 0.0998 e. The summed E-state index contributed by atoms with van der Waals surface area (Å²) in [4.78, 5) is 0. The van der Waals surface area contributed by atoms with Crippen LogP contribution in [0.4, 0.5) is 0 Å². The number of aromatic nitrogens is 1. The lowest BCUT2D eigenvalue weighted by molar-refractivity contribution is 0.709. The molecule has 2 nitrogen and oxygen atoms in total. The van der Waals surface area contributed by atoms with Crippen LogP contribution < -0.4 is 0 Å². The Morgan fingerprint density at radius 2 is 2.24 bits per heavy atom. The standard InChI is InChI=1S/C14H16N2S/c1-2-17-10-4-8-16-9-7-13-12(11-15)5-3-6-14(13)16/h3,5-7,9H,2,4,8,10H2,1H3. The van der Waals surface area contributed by atoms with Gasteiger partial charge in [-0.15, -0.1) is 0 Å². The Kier molecular flexibility index (Phi) is 4.11. The molecule has 3 heteroatoms. The molecule has 0 N–H and O–H groups in total. The monoisotopic (exact) mass is 244 g/mol. The molecule has 1 heterocycles. The average molecular weight is 244 g/mol. The Morgan fingerprint density at radius 1 is 1.35 bits per heavy atom. The van der Waals surface area contributed by atoms with Gasteiger partial charge in [-0.2, -0.15) is 17.0 Å². The molecule has 17 heavy (non-hydrogen) atoms. The van der Waals surface area contributed by atoms with Crippen LogP contribution in [-0.4, -0.2) is 16.1 Å². The van der Waals surface area contributed by atoms with E-state index in [1.165, 1.54) is 23.4 Å². The first-order valence-electron chi connectivity index (χ1n) is 5.92. The van der Waals surface area contributed by atoms with Crippen LogP contribution in [0.25, 0.3) is 10.9 Å². The molecule has 0 amide bonds. The van der Waals surface area contributed by atoms with Gasteiger partial charge in [-0.05, 0) is 36.1 Å². The van der Waals surface area contributed by atoms with Crippen molar-refractivity contribution in [3.8, 4) is 6.07 Å². The maximum absolute atomic E-state index is 9.03. The average Bonchev–Trinajstić information content (AvgIpc) is 2.78. The molecular weight excluding hydrogens is 228 g/mol. The highest BCUT2D eigenvalue weighted by Gasteiger charge is 2.04. The Balaban J connectivity index is 2.17. The summed E-state index contributed by atoms with van der Waals surface area (Å²) in [6, 6.07) is 10.2. The predicted octanol–water partition coefficient (Wildman–Crippen LogP) is 3.66. The minimum Gasteiger partial charge on any atom is -0.347 e. The van der Waals surface area contributed by atoms with Crippen LogP contribution in [0.5, 0.6) is 0 Å². The number of nitriles is 1. The summed E-state index contributed by atoms with van der Waals surface area (Å²) in [5.41, 5.74) is 1.94. The van der Waals surface area contributed by atoms with Crippen LogP contribution in [0.1, 0.15) is 18.9 Å². The highest BCUT2D eigenvalue weighted by atomic mass is 32.2. The molecule has 0 spiro atoms. The van der Waals surface area contributed by atoms with Crippen molar-refractivity contribution in [1.82, 2.24) is 4.57 Å². The van der Waals surface area contributed by atoms with Crippen molar-refractivity contribution >= 4 is 22.7 Å². The molecule has 1 aromatic heterocycles. The molecule has 88 valence electrons. The summed E-state index contributed by atoms with van der Waals surface area (Å²) in [5, 5.41) is 10.1. The van der Waals surface area contributed by atoms with Crippen LogP contribution >= 0.6 is 11.8 Å². The molecule has 0 aliphatic heterocycles. The third-order valence-corrected chi connectivity index (χ3v) is 3.81. The maximum atomic E-state index is 9.03. The molecule has 0 atom stereocenters. The third-order valence-electron chi connectivity index (χ3n) is 2.83. The number of nitrogens with zero attached hydrogens (tertiary/aromatic N) is 2. The Morgan fingerprint density at radius 3 is 3.00 bits per heavy atom. The first-order chi connectivity index (χ1) is 8.36. The number of thioether (sulfide) groups is 1. The highest BCUT2D eigenvalue weighted by molar-refractivity contribution is 7.99. The molecule has 0 saturated heterocycles. The zero-order valence-corrected chi connectivity index (χ0v) is 10.8. The van der Waals surface area contributed by atoms with Crippen LogP contribution in [-0.2, 0) is 6.54 Å². The molecule has 0 aliphatic carbocycles. The van der Waals surface area contributed by atoms with Crippen molar-refractivity contribution < 1.29 is 0 Å². The number of aryl methyl sites for hydroxylation is 1. The minimum atomic E-state index is 0.768. The Bertz CT molecular complexity index is 537. The SMILES string of the molecule is CCSCCCn1ccc2c(C#N)cccc21. The van der Waals surface area contributed by atoms with E-state index >= 15 is 0 Å². The molecule has 0 bridgehead atoms. The van der Waals surface area contributed by atoms with E-state index in [-0.39, 0.29) is 0 Å². The first kappa shape index (κ1) is 12.1. The second-order valence-corrected chi connectivity index (χ2v) is 5.30. The van der Waals surface area contributed by atoms with E-state index in [4.69, 9.17) is 5.26 Å². The molecule has 0 fully saturated rings. The summed E-state index contributed by atoms with van der Waals surface area (Å²) in [7, 11) is 0. The third kappa shape index (κ3) is 2.65. The zero-order valence-electron chi connectivity index (χ0n) is 10.0. The van der Waals surface area contributed by atoms with Gasteiger partial charge >= 0.3 is 0 Å². The minimum absolute atomic E-state index is 0.768. The largest absolute Gasteiger partial charge is 0.347 e. The molecule has 1 aromatic carbocycles. The topological polar surface area (TPSA) is 28.7 Å². The lowest BCUT2D eigenvalue weighted by atomic mass is 10.1. The number of rotatable bonds is 5. The van der Waals surface area contributed by atoms with E-state index in [0.29, 0.717) is 0 Å². The van der Waals surface area contributed by atoms with E-state index in [1.54, 1.807) is 0 Å². The van der Waals surface area contributed by atoms with Gasteiger partial charge in [0.1, 0.15) is 0 Å². The second-order valence-electron chi connectivity index (χ2n) is 3.91. The van der Waals surface area contributed by atoms with Crippen molar-refractivity contribution in [2.45, 2.75) is 19.9 Å². The fraction of sp³-hybridized carbons (Fsp3) is 0.357. The lowest BCUT2D eigenvalue weighted by Crippen LogP contribution is -1.97. The van der Waals surface area contributed by atoms with Gasteiger partial charge in [-0.1, -0.05) is 13.0 Å². The van der Waals surface area contributed by atoms with Gasteiger partial charge in [0.05, 0.1) is 11.6 Å². The van der Waals surface area contributed by atoms with Gasteiger partial charge in [0, 0.05) is 23.6 Å². The lowest BCUT2D eigenvalue weighted by Gasteiger charge is -2.05. The van der Waals surface area contributed by atoms with Crippen molar-refractivity contribution in [2.24, 2.45) is 0 Å². The second kappa shape index (κ2) is 5.79. The fourth-order valence-corrected chi connectivity index (χ4v) is 2.62. The van der Waals surface area contributed by atoms with Crippen LogP contribution in [0, 0.1) is 11.3 Å². The van der Waals surface area contributed by atoms with Gasteiger partial charge in [0.2, 0.25) is 0 Å². The number of benzene rings is 1. The van der Waals surface area contributed by atoms with E-state index in [9.17, 15) is 0 Å². The molecule has 2 rings (SSSR count).